The Kier molecular flexibility index (Phi) is 8.53. The maximum atomic E-state index is 6.61. The normalized spacial score (nSPS) is 11.5. The van der Waals surface area contributed by atoms with Crippen molar-refractivity contribution < 1.29 is 4.42 Å². The van der Waals surface area contributed by atoms with Crippen LogP contribution in [0.15, 0.2) is 241 Å². The SMILES string of the molecule is c1ccc(-c2ccc(-c3cc(-c4ccc5oc6c(-c7ccccc7)cccc6c5c4)cc(-c4ccc5c(c4)c4cc(-c6ccccc6)ccc4n5-c4ccccc4)c3)cc2)cc1. The van der Waals surface area contributed by atoms with Crippen LogP contribution < -0.4 is 0 Å². The molecule has 0 aliphatic carbocycles. The number of nitrogens with zero attached hydrogens (tertiary/aromatic N) is 1. The third-order valence-electron chi connectivity index (χ3n) is 12.4. The predicted octanol–water partition coefficient (Wildman–Crippen LogP) is 16.7. The van der Waals surface area contributed by atoms with Crippen LogP contribution in [-0.2, 0) is 0 Å². The van der Waals surface area contributed by atoms with Gasteiger partial charge in [-0.2, -0.15) is 0 Å². The van der Waals surface area contributed by atoms with E-state index in [-0.39, 0.29) is 0 Å². The Morgan fingerprint density at radius 3 is 1.26 bits per heavy atom. The van der Waals surface area contributed by atoms with Gasteiger partial charge in [-0.05, 0) is 128 Å². The Morgan fingerprint density at radius 2 is 0.677 bits per heavy atom. The molecule has 62 heavy (non-hydrogen) atoms. The fourth-order valence-corrected chi connectivity index (χ4v) is 9.30. The zero-order valence-electron chi connectivity index (χ0n) is 33.9. The summed E-state index contributed by atoms with van der Waals surface area (Å²) in [6.45, 7) is 0. The number of furan rings is 1. The fourth-order valence-electron chi connectivity index (χ4n) is 9.30. The van der Waals surface area contributed by atoms with Gasteiger partial charge in [-0.15, -0.1) is 0 Å². The minimum absolute atomic E-state index is 0.884. The van der Waals surface area contributed by atoms with Crippen molar-refractivity contribution in [3.8, 4) is 72.4 Å². The van der Waals surface area contributed by atoms with Crippen LogP contribution in [0.3, 0.4) is 0 Å². The Labute approximate surface area is 360 Å². The highest BCUT2D eigenvalue weighted by Crippen LogP contribution is 2.42. The van der Waals surface area contributed by atoms with Crippen LogP contribution in [0.1, 0.15) is 0 Å². The van der Waals surface area contributed by atoms with E-state index in [1.165, 1.54) is 60.8 Å². The lowest BCUT2D eigenvalue weighted by atomic mass is 9.91. The van der Waals surface area contributed by atoms with Crippen molar-refractivity contribution >= 4 is 43.7 Å². The zero-order chi connectivity index (χ0) is 41.0. The summed E-state index contributed by atoms with van der Waals surface area (Å²) in [5, 5.41) is 4.68. The molecule has 2 nitrogen and oxygen atoms in total. The Balaban J connectivity index is 1.05. The molecule has 0 aliphatic rings. The van der Waals surface area contributed by atoms with Crippen LogP contribution in [0.5, 0.6) is 0 Å². The second kappa shape index (κ2) is 14.8. The topological polar surface area (TPSA) is 18.1 Å². The molecule has 12 aromatic rings. The van der Waals surface area contributed by atoms with E-state index in [0.29, 0.717) is 0 Å². The first-order chi connectivity index (χ1) is 30.7. The summed E-state index contributed by atoms with van der Waals surface area (Å²) < 4.78 is 9.00. The van der Waals surface area contributed by atoms with Gasteiger partial charge in [0.15, 0.2) is 0 Å². The monoisotopic (exact) mass is 789 g/mol. The molecule has 2 aromatic heterocycles. The van der Waals surface area contributed by atoms with Gasteiger partial charge in [0.25, 0.3) is 0 Å². The van der Waals surface area contributed by atoms with E-state index in [1.807, 2.05) is 0 Å². The Bertz CT molecular complexity index is 3580. The van der Waals surface area contributed by atoms with Crippen molar-refractivity contribution in [1.29, 1.82) is 0 Å². The number of hydrogen-bond donors (Lipinski definition) is 0. The lowest BCUT2D eigenvalue weighted by molar-refractivity contribution is 0.670. The number of rotatable bonds is 7. The van der Waals surface area contributed by atoms with Gasteiger partial charge in [-0.1, -0.05) is 170 Å². The molecule has 0 saturated heterocycles. The van der Waals surface area contributed by atoms with Gasteiger partial charge >= 0.3 is 0 Å². The summed E-state index contributed by atoms with van der Waals surface area (Å²) in [6, 6.07) is 85.5. The first kappa shape index (κ1) is 35.7. The molecule has 2 heteroatoms. The molecule has 0 saturated carbocycles. The summed E-state index contributed by atoms with van der Waals surface area (Å²) in [4.78, 5) is 0. The van der Waals surface area contributed by atoms with Gasteiger partial charge < -0.3 is 8.98 Å². The van der Waals surface area contributed by atoms with Gasteiger partial charge in [0, 0.05) is 32.8 Å². The molecule has 0 atom stereocenters. The van der Waals surface area contributed by atoms with Gasteiger partial charge in [0.05, 0.1) is 11.0 Å². The molecule has 290 valence electrons. The van der Waals surface area contributed by atoms with E-state index in [0.717, 1.165) is 55.4 Å². The minimum atomic E-state index is 0.884. The highest BCUT2D eigenvalue weighted by atomic mass is 16.3. The average molecular weight is 790 g/mol. The highest BCUT2D eigenvalue weighted by molar-refractivity contribution is 6.12. The number of para-hydroxylation sites is 2. The molecule has 0 radical (unpaired) electrons. The molecule has 0 bridgehead atoms. The van der Waals surface area contributed by atoms with E-state index in [4.69, 9.17) is 4.42 Å². The molecule has 0 aliphatic heterocycles. The first-order valence-corrected chi connectivity index (χ1v) is 21.2. The zero-order valence-corrected chi connectivity index (χ0v) is 33.9. The predicted molar refractivity (Wildman–Crippen MR) is 261 cm³/mol. The maximum absolute atomic E-state index is 6.61. The van der Waals surface area contributed by atoms with Crippen molar-refractivity contribution in [2.24, 2.45) is 0 Å². The second-order valence-corrected chi connectivity index (χ2v) is 16.1. The van der Waals surface area contributed by atoms with Crippen molar-refractivity contribution in [2.75, 3.05) is 0 Å². The van der Waals surface area contributed by atoms with Gasteiger partial charge in [-0.3, -0.25) is 0 Å². The molecule has 0 fully saturated rings. The maximum Gasteiger partial charge on any atom is 0.143 e. The summed E-state index contributed by atoms with van der Waals surface area (Å²) in [7, 11) is 0. The standard InChI is InChI=1S/C60H39NO/c1-5-14-40(15-6-1)42-24-26-43(27-25-42)48-34-49(36-50(35-48)47-30-33-59-56(39-47)53-23-13-22-52(60(53)62-59)44-18-9-3-10-19-44)46-29-32-58-55(38-46)54-37-45(41-16-7-2-8-17-41)28-31-57(54)61(58)51-20-11-4-12-21-51/h1-39H. The lowest BCUT2D eigenvalue weighted by Gasteiger charge is -2.13. The van der Waals surface area contributed by atoms with Crippen molar-refractivity contribution in [2.45, 2.75) is 0 Å². The Morgan fingerprint density at radius 1 is 0.258 bits per heavy atom. The van der Waals surface area contributed by atoms with Crippen LogP contribution in [0.25, 0.3) is 116 Å². The molecule has 2 heterocycles. The molecule has 0 unspecified atom stereocenters. The van der Waals surface area contributed by atoms with E-state index in [2.05, 4.69) is 241 Å². The molecular weight excluding hydrogens is 751 g/mol. The smallest absolute Gasteiger partial charge is 0.143 e. The number of fused-ring (bicyclic) bond motifs is 6. The largest absolute Gasteiger partial charge is 0.455 e. The quantitative estimate of drug-likeness (QED) is 0.157. The molecule has 0 spiro atoms. The van der Waals surface area contributed by atoms with Crippen molar-refractivity contribution in [3.05, 3.63) is 237 Å². The van der Waals surface area contributed by atoms with E-state index in [1.54, 1.807) is 0 Å². The van der Waals surface area contributed by atoms with E-state index in [9.17, 15) is 0 Å². The second-order valence-electron chi connectivity index (χ2n) is 16.1. The van der Waals surface area contributed by atoms with Gasteiger partial charge in [-0.25, -0.2) is 0 Å². The molecule has 12 rings (SSSR count). The van der Waals surface area contributed by atoms with Crippen LogP contribution in [0.2, 0.25) is 0 Å². The third-order valence-corrected chi connectivity index (χ3v) is 12.4. The average Bonchev–Trinajstić information content (AvgIpc) is 3.90. The van der Waals surface area contributed by atoms with Crippen molar-refractivity contribution in [1.82, 2.24) is 4.57 Å². The van der Waals surface area contributed by atoms with Gasteiger partial charge in [0.2, 0.25) is 0 Å². The van der Waals surface area contributed by atoms with Crippen LogP contribution in [-0.4, -0.2) is 4.57 Å². The van der Waals surface area contributed by atoms with Crippen molar-refractivity contribution in [3.63, 3.8) is 0 Å². The molecule has 0 N–H and O–H groups in total. The Hall–Kier alpha value is -8.20. The number of hydrogen-bond acceptors (Lipinski definition) is 1. The van der Waals surface area contributed by atoms with E-state index >= 15 is 0 Å². The summed E-state index contributed by atoms with van der Waals surface area (Å²) >= 11 is 0. The molecular formula is C60H39NO. The van der Waals surface area contributed by atoms with E-state index < -0.39 is 0 Å². The fraction of sp³-hybridized carbons (Fsp3) is 0. The third kappa shape index (κ3) is 6.20. The number of benzene rings is 10. The molecule has 0 amide bonds. The van der Waals surface area contributed by atoms with Crippen LogP contribution in [0, 0.1) is 0 Å². The highest BCUT2D eigenvalue weighted by Gasteiger charge is 2.17. The first-order valence-electron chi connectivity index (χ1n) is 21.2. The lowest BCUT2D eigenvalue weighted by Crippen LogP contribution is -1.93. The molecule has 10 aromatic carbocycles. The number of aromatic nitrogens is 1. The summed E-state index contributed by atoms with van der Waals surface area (Å²) in [5.74, 6) is 0. The summed E-state index contributed by atoms with van der Waals surface area (Å²) in [6.07, 6.45) is 0. The van der Waals surface area contributed by atoms with Crippen LogP contribution >= 0.6 is 0 Å². The van der Waals surface area contributed by atoms with Gasteiger partial charge in [0.1, 0.15) is 11.2 Å². The minimum Gasteiger partial charge on any atom is -0.455 e. The van der Waals surface area contributed by atoms with Crippen LogP contribution in [0.4, 0.5) is 0 Å². The summed E-state index contributed by atoms with van der Waals surface area (Å²) in [5.41, 5.74) is 19.3.